The van der Waals surface area contributed by atoms with Crippen molar-refractivity contribution in [3.63, 3.8) is 0 Å². The summed E-state index contributed by atoms with van der Waals surface area (Å²) in [5.74, 6) is -1.62. The zero-order valence-corrected chi connectivity index (χ0v) is 17.0. The number of nitrogens with one attached hydrogen (secondary N) is 2. The molecular weight excluding hydrogens is 437 g/mol. The molecule has 30 heavy (non-hydrogen) atoms. The Bertz CT molecular complexity index is 950. The van der Waals surface area contributed by atoms with E-state index in [1.807, 2.05) is 0 Å². The lowest BCUT2D eigenvalue weighted by molar-refractivity contribution is -0.384. The van der Waals surface area contributed by atoms with Gasteiger partial charge in [-0.2, -0.15) is 0 Å². The minimum absolute atomic E-state index is 0.00819. The Kier molecular flexibility index (Phi) is 8.57. The first-order chi connectivity index (χ1) is 14.3. The highest BCUT2D eigenvalue weighted by Crippen LogP contribution is 2.26. The summed E-state index contributed by atoms with van der Waals surface area (Å²) in [6.07, 6.45) is 0.308. The van der Waals surface area contributed by atoms with E-state index in [0.29, 0.717) is 17.0 Å². The van der Waals surface area contributed by atoms with Gasteiger partial charge in [-0.1, -0.05) is 23.2 Å². The van der Waals surface area contributed by atoms with Crippen LogP contribution in [0.2, 0.25) is 10.0 Å². The van der Waals surface area contributed by atoms with Crippen LogP contribution in [0.5, 0.6) is 0 Å². The average Bonchev–Trinajstić information content (AvgIpc) is 2.71. The third-order valence-electron chi connectivity index (χ3n) is 3.75. The number of anilines is 1. The normalized spacial score (nSPS) is 10.2. The van der Waals surface area contributed by atoms with Crippen molar-refractivity contribution in [1.82, 2.24) is 5.32 Å². The second-order valence-electron chi connectivity index (χ2n) is 6.00. The predicted molar refractivity (Wildman–Crippen MR) is 111 cm³/mol. The van der Waals surface area contributed by atoms with Crippen LogP contribution in [-0.4, -0.2) is 35.9 Å². The number of esters is 1. The van der Waals surface area contributed by atoms with Crippen LogP contribution in [0.3, 0.4) is 0 Å². The molecule has 0 atom stereocenters. The minimum atomic E-state index is -0.693. The quantitative estimate of drug-likeness (QED) is 0.258. The van der Waals surface area contributed by atoms with Crippen LogP contribution in [0.15, 0.2) is 42.5 Å². The van der Waals surface area contributed by atoms with Gasteiger partial charge in [0.2, 0.25) is 0 Å². The van der Waals surface area contributed by atoms with Crippen LogP contribution in [0.4, 0.5) is 11.4 Å². The van der Waals surface area contributed by atoms with Gasteiger partial charge in [0.25, 0.3) is 17.5 Å². The first kappa shape index (κ1) is 23.1. The lowest BCUT2D eigenvalue weighted by atomic mass is 10.2. The van der Waals surface area contributed by atoms with E-state index in [1.165, 1.54) is 12.1 Å². The molecule has 0 radical (unpaired) electrons. The van der Waals surface area contributed by atoms with E-state index in [1.54, 1.807) is 24.3 Å². The standard InChI is InChI=1S/C19H17Cl2N3O6/c20-13-5-3-12(4-6-13)19(27)22-9-1-2-18(26)30-11-17(25)23-16-10-14(24(28)29)7-8-15(16)21/h3-8,10H,1-2,9,11H2,(H,22,27)(H,23,25). The molecule has 0 saturated heterocycles. The summed E-state index contributed by atoms with van der Waals surface area (Å²) < 4.78 is 4.84. The number of non-ortho nitro benzene ring substituents is 1. The SMILES string of the molecule is O=C(COC(=O)CCCNC(=O)c1ccc(Cl)cc1)Nc1cc([N+](=O)[O-])ccc1Cl. The molecular formula is C19H17Cl2N3O6. The number of nitro benzene ring substituents is 1. The van der Waals surface area contributed by atoms with Crippen LogP contribution in [0, 0.1) is 10.1 Å². The van der Waals surface area contributed by atoms with Crippen LogP contribution in [0.1, 0.15) is 23.2 Å². The summed E-state index contributed by atoms with van der Waals surface area (Å²) in [6.45, 7) is -0.332. The van der Waals surface area contributed by atoms with Gasteiger partial charge in [-0.3, -0.25) is 24.5 Å². The molecule has 0 heterocycles. The van der Waals surface area contributed by atoms with E-state index in [9.17, 15) is 24.5 Å². The third-order valence-corrected chi connectivity index (χ3v) is 4.33. The number of ether oxygens (including phenoxy) is 1. The maximum absolute atomic E-state index is 11.9. The lowest BCUT2D eigenvalue weighted by Crippen LogP contribution is -2.25. The summed E-state index contributed by atoms with van der Waals surface area (Å²) >= 11 is 11.6. The van der Waals surface area contributed by atoms with Gasteiger partial charge in [0.1, 0.15) is 0 Å². The molecule has 0 spiro atoms. The van der Waals surface area contributed by atoms with E-state index < -0.39 is 23.4 Å². The molecule has 9 nitrogen and oxygen atoms in total. The maximum Gasteiger partial charge on any atom is 0.306 e. The first-order valence-corrected chi connectivity index (χ1v) is 9.45. The zero-order valence-electron chi connectivity index (χ0n) is 15.5. The highest BCUT2D eigenvalue weighted by Gasteiger charge is 2.14. The van der Waals surface area contributed by atoms with E-state index in [-0.39, 0.29) is 35.3 Å². The fraction of sp³-hybridized carbons (Fsp3) is 0.211. The minimum Gasteiger partial charge on any atom is -0.456 e. The Balaban J connectivity index is 1.68. The number of halogens is 2. The molecule has 0 fully saturated rings. The summed E-state index contributed by atoms with van der Waals surface area (Å²) in [4.78, 5) is 45.6. The van der Waals surface area contributed by atoms with E-state index in [4.69, 9.17) is 27.9 Å². The van der Waals surface area contributed by atoms with Crippen LogP contribution in [0.25, 0.3) is 0 Å². The van der Waals surface area contributed by atoms with Gasteiger partial charge in [-0.25, -0.2) is 0 Å². The van der Waals surface area contributed by atoms with Gasteiger partial charge >= 0.3 is 5.97 Å². The largest absolute Gasteiger partial charge is 0.456 e. The van der Waals surface area contributed by atoms with Crippen molar-refractivity contribution in [3.8, 4) is 0 Å². The summed E-state index contributed by atoms with van der Waals surface area (Å²) in [7, 11) is 0. The third kappa shape index (κ3) is 7.34. The monoisotopic (exact) mass is 453 g/mol. The molecule has 0 aliphatic heterocycles. The molecule has 2 aromatic rings. The molecule has 0 aliphatic rings. The van der Waals surface area contributed by atoms with Crippen molar-refractivity contribution in [2.24, 2.45) is 0 Å². The fourth-order valence-electron chi connectivity index (χ4n) is 2.27. The molecule has 0 aliphatic carbocycles. The smallest absolute Gasteiger partial charge is 0.306 e. The predicted octanol–water partition coefficient (Wildman–Crippen LogP) is 3.59. The molecule has 2 aromatic carbocycles. The van der Waals surface area contributed by atoms with Crippen molar-refractivity contribution >= 4 is 52.4 Å². The molecule has 0 bridgehead atoms. The Labute approximate surface area is 181 Å². The number of carbonyl (C=O) groups is 3. The van der Waals surface area contributed by atoms with Crippen LogP contribution in [-0.2, 0) is 14.3 Å². The highest BCUT2D eigenvalue weighted by molar-refractivity contribution is 6.33. The van der Waals surface area contributed by atoms with Gasteiger partial charge in [0.15, 0.2) is 6.61 Å². The van der Waals surface area contributed by atoms with Crippen molar-refractivity contribution in [1.29, 1.82) is 0 Å². The fourth-order valence-corrected chi connectivity index (χ4v) is 2.56. The molecule has 0 saturated carbocycles. The molecule has 11 heteroatoms. The number of rotatable bonds is 9. The van der Waals surface area contributed by atoms with Gasteiger partial charge in [0, 0.05) is 35.7 Å². The molecule has 158 valence electrons. The van der Waals surface area contributed by atoms with Gasteiger partial charge in [-0.05, 0) is 36.8 Å². The van der Waals surface area contributed by atoms with E-state index in [0.717, 1.165) is 6.07 Å². The van der Waals surface area contributed by atoms with Crippen molar-refractivity contribution in [3.05, 3.63) is 68.2 Å². The van der Waals surface area contributed by atoms with Crippen molar-refractivity contribution < 1.29 is 24.0 Å². The molecule has 2 N–H and O–H groups in total. The second-order valence-corrected chi connectivity index (χ2v) is 6.84. The summed E-state index contributed by atoms with van der Waals surface area (Å²) in [5.41, 5.74) is 0.239. The second kappa shape index (κ2) is 11.1. The van der Waals surface area contributed by atoms with Gasteiger partial charge in [0.05, 0.1) is 15.6 Å². The Morgan fingerprint density at radius 2 is 1.77 bits per heavy atom. The highest BCUT2D eigenvalue weighted by atomic mass is 35.5. The number of hydrogen-bond acceptors (Lipinski definition) is 6. The number of hydrogen-bond donors (Lipinski definition) is 2. The van der Waals surface area contributed by atoms with Gasteiger partial charge < -0.3 is 15.4 Å². The van der Waals surface area contributed by atoms with E-state index >= 15 is 0 Å². The first-order valence-electron chi connectivity index (χ1n) is 8.69. The lowest BCUT2D eigenvalue weighted by Gasteiger charge is -2.08. The number of nitro groups is 1. The molecule has 2 amide bonds. The Morgan fingerprint density at radius 3 is 2.43 bits per heavy atom. The Morgan fingerprint density at radius 1 is 1.07 bits per heavy atom. The Hall–Kier alpha value is -3.17. The van der Waals surface area contributed by atoms with E-state index in [2.05, 4.69) is 10.6 Å². The van der Waals surface area contributed by atoms with Crippen molar-refractivity contribution in [2.75, 3.05) is 18.5 Å². The molecule has 0 unspecified atom stereocenters. The molecule has 0 aromatic heterocycles. The van der Waals surface area contributed by atoms with Gasteiger partial charge in [-0.15, -0.1) is 0 Å². The topological polar surface area (TPSA) is 128 Å². The summed E-state index contributed by atoms with van der Waals surface area (Å²) in [6, 6.07) is 9.94. The average molecular weight is 454 g/mol. The zero-order chi connectivity index (χ0) is 22.1. The molecule has 2 rings (SSSR count). The van der Waals surface area contributed by atoms with Crippen LogP contribution >= 0.6 is 23.2 Å². The number of nitrogens with zero attached hydrogens (tertiary/aromatic N) is 1. The number of carbonyl (C=O) groups excluding carboxylic acids is 3. The summed E-state index contributed by atoms with van der Waals surface area (Å²) in [5, 5.41) is 16.4. The number of benzene rings is 2. The number of amides is 2. The van der Waals surface area contributed by atoms with Crippen molar-refractivity contribution in [2.45, 2.75) is 12.8 Å². The van der Waals surface area contributed by atoms with Crippen LogP contribution < -0.4 is 10.6 Å². The maximum atomic E-state index is 11.9.